The van der Waals surface area contributed by atoms with Gasteiger partial charge in [0.05, 0.1) is 6.20 Å². The van der Waals surface area contributed by atoms with Gasteiger partial charge in [0.25, 0.3) is 3.79 Å². The lowest BCUT2D eigenvalue weighted by molar-refractivity contribution is 0.867. The minimum atomic E-state index is -1.64. The van der Waals surface area contributed by atoms with E-state index >= 15 is 0 Å². The summed E-state index contributed by atoms with van der Waals surface area (Å²) < 4.78 is -1.64. The Morgan fingerprint density at radius 1 is 0.938 bits per heavy atom. The predicted octanol–water partition coefficient (Wildman–Crippen LogP) is 3.37. The molecular weight excluding hydrogens is 268 g/mol. The number of hydrogen-bond donors (Lipinski definition) is 0. The molecule has 1 aromatic heterocycles. The largest absolute Gasteiger partial charge is 0.251 e. The Morgan fingerprint density at radius 3 is 2.12 bits per heavy atom. The summed E-state index contributed by atoms with van der Waals surface area (Å²) in [5, 5.41) is 7.72. The molecule has 82 valence electrons. The van der Waals surface area contributed by atoms with Crippen molar-refractivity contribution in [3.63, 3.8) is 0 Å². The maximum Gasteiger partial charge on any atom is 0.251 e. The van der Waals surface area contributed by atoms with Crippen molar-refractivity contribution in [2.45, 2.75) is 3.79 Å². The Labute approximate surface area is 107 Å². The number of nitrogens with zero attached hydrogens (tertiary/aromatic N) is 3. The summed E-state index contributed by atoms with van der Waals surface area (Å²) in [6.07, 6.45) is 1.53. The monoisotopic (exact) mass is 273 g/mol. The van der Waals surface area contributed by atoms with Gasteiger partial charge in [-0.1, -0.05) is 65.1 Å². The molecule has 0 amide bonds. The number of rotatable bonds is 1. The maximum atomic E-state index is 5.62. The molecule has 1 heterocycles. The molecule has 0 aliphatic rings. The van der Waals surface area contributed by atoms with Crippen molar-refractivity contribution in [3.05, 3.63) is 42.4 Å². The number of hydrogen-bond acceptors (Lipinski definition) is 3. The Balaban J connectivity index is 2.34. The summed E-state index contributed by atoms with van der Waals surface area (Å²) in [5.41, 5.74) is 1.55. The summed E-state index contributed by atoms with van der Waals surface area (Å²) in [6.45, 7) is 0. The van der Waals surface area contributed by atoms with E-state index < -0.39 is 3.79 Å². The molecule has 0 N–H and O–H groups in total. The van der Waals surface area contributed by atoms with Gasteiger partial charge < -0.3 is 0 Å². The lowest BCUT2D eigenvalue weighted by atomic mass is 10.2. The summed E-state index contributed by atoms with van der Waals surface area (Å²) in [4.78, 5) is 3.96. The van der Waals surface area contributed by atoms with Gasteiger partial charge in [0.2, 0.25) is 5.82 Å². The normalized spacial score (nSPS) is 11.4. The molecule has 0 aliphatic carbocycles. The van der Waals surface area contributed by atoms with Crippen molar-refractivity contribution in [1.29, 1.82) is 0 Å². The Morgan fingerprint density at radius 2 is 1.62 bits per heavy atom. The topological polar surface area (TPSA) is 38.7 Å². The fourth-order valence-electron chi connectivity index (χ4n) is 1.15. The molecule has 3 nitrogen and oxygen atoms in total. The van der Waals surface area contributed by atoms with Gasteiger partial charge in [-0.2, -0.15) is 0 Å². The number of alkyl halides is 3. The maximum absolute atomic E-state index is 5.62. The van der Waals surface area contributed by atoms with Crippen LogP contribution in [0.3, 0.4) is 0 Å². The van der Waals surface area contributed by atoms with Crippen LogP contribution in [-0.2, 0) is 3.79 Å². The summed E-state index contributed by atoms with van der Waals surface area (Å²) in [7, 11) is 0. The highest BCUT2D eigenvalue weighted by molar-refractivity contribution is 6.66. The van der Waals surface area contributed by atoms with E-state index in [0.29, 0.717) is 5.69 Å². The second-order valence-corrected chi connectivity index (χ2v) is 5.31. The average molecular weight is 275 g/mol. The molecule has 2 rings (SSSR count). The fourth-order valence-corrected chi connectivity index (χ4v) is 1.41. The van der Waals surface area contributed by atoms with Crippen LogP contribution in [0.25, 0.3) is 11.3 Å². The highest BCUT2D eigenvalue weighted by atomic mass is 35.6. The minimum Gasteiger partial charge on any atom is -0.233 e. The van der Waals surface area contributed by atoms with Crippen LogP contribution in [-0.4, -0.2) is 15.2 Å². The molecule has 0 atom stereocenters. The third-order valence-electron chi connectivity index (χ3n) is 1.88. The fraction of sp³-hybridized carbons (Fsp3) is 0.100. The van der Waals surface area contributed by atoms with Crippen molar-refractivity contribution in [2.75, 3.05) is 0 Å². The van der Waals surface area contributed by atoms with Crippen LogP contribution in [0.15, 0.2) is 36.5 Å². The Bertz CT molecular complexity index is 465. The van der Waals surface area contributed by atoms with E-state index in [-0.39, 0.29) is 5.82 Å². The highest BCUT2D eigenvalue weighted by Gasteiger charge is 2.27. The van der Waals surface area contributed by atoms with Crippen LogP contribution < -0.4 is 0 Å². The van der Waals surface area contributed by atoms with Crippen molar-refractivity contribution < 1.29 is 0 Å². The van der Waals surface area contributed by atoms with Crippen LogP contribution in [0.1, 0.15) is 5.82 Å². The zero-order valence-corrected chi connectivity index (χ0v) is 10.2. The highest BCUT2D eigenvalue weighted by Crippen LogP contribution is 2.35. The third kappa shape index (κ3) is 2.61. The molecule has 0 saturated carbocycles. The summed E-state index contributed by atoms with van der Waals surface area (Å²) >= 11 is 16.9. The lowest BCUT2D eigenvalue weighted by Gasteiger charge is -2.07. The van der Waals surface area contributed by atoms with E-state index in [1.807, 2.05) is 30.3 Å². The second kappa shape index (κ2) is 4.53. The lowest BCUT2D eigenvalue weighted by Crippen LogP contribution is -2.08. The molecule has 0 unspecified atom stereocenters. The van der Waals surface area contributed by atoms with Crippen LogP contribution >= 0.6 is 34.8 Å². The average Bonchev–Trinajstić information content (AvgIpc) is 2.29. The van der Waals surface area contributed by atoms with Crippen molar-refractivity contribution in [1.82, 2.24) is 15.2 Å². The molecule has 1 aromatic carbocycles. The van der Waals surface area contributed by atoms with Gasteiger partial charge in [0.15, 0.2) is 0 Å². The molecule has 16 heavy (non-hydrogen) atoms. The first-order chi connectivity index (χ1) is 7.57. The molecule has 6 heteroatoms. The zero-order valence-electron chi connectivity index (χ0n) is 7.94. The molecule has 2 aromatic rings. The van der Waals surface area contributed by atoms with Crippen LogP contribution in [0.5, 0.6) is 0 Å². The first-order valence-electron chi connectivity index (χ1n) is 4.40. The smallest absolute Gasteiger partial charge is 0.233 e. The van der Waals surface area contributed by atoms with E-state index in [0.717, 1.165) is 5.56 Å². The van der Waals surface area contributed by atoms with Gasteiger partial charge in [0.1, 0.15) is 5.69 Å². The van der Waals surface area contributed by atoms with E-state index in [1.54, 1.807) is 0 Å². The van der Waals surface area contributed by atoms with Gasteiger partial charge in [-0.3, -0.25) is 0 Å². The second-order valence-electron chi connectivity index (χ2n) is 3.03. The Hall–Kier alpha value is -0.900. The molecule has 0 bridgehead atoms. The van der Waals surface area contributed by atoms with E-state index in [9.17, 15) is 0 Å². The van der Waals surface area contributed by atoms with Gasteiger partial charge in [-0.25, -0.2) is 4.98 Å². The van der Waals surface area contributed by atoms with E-state index in [2.05, 4.69) is 15.2 Å². The number of halogens is 3. The van der Waals surface area contributed by atoms with Gasteiger partial charge in [0, 0.05) is 5.56 Å². The molecule has 0 aliphatic heterocycles. The summed E-state index contributed by atoms with van der Waals surface area (Å²) in [6, 6.07) is 9.53. The Kier molecular flexibility index (Phi) is 3.28. The zero-order chi connectivity index (χ0) is 11.6. The predicted molar refractivity (Wildman–Crippen MR) is 64.5 cm³/mol. The number of benzene rings is 1. The summed E-state index contributed by atoms with van der Waals surface area (Å²) in [5.74, 6) is 0.0668. The van der Waals surface area contributed by atoms with Crippen molar-refractivity contribution in [3.8, 4) is 11.3 Å². The molecule has 0 saturated heterocycles. The van der Waals surface area contributed by atoms with Gasteiger partial charge in [-0.15, -0.1) is 10.2 Å². The SMILES string of the molecule is ClC(Cl)(Cl)c1ncc(-c2ccccc2)nn1. The van der Waals surface area contributed by atoms with Gasteiger partial charge >= 0.3 is 0 Å². The molecular formula is C10H6Cl3N3. The van der Waals surface area contributed by atoms with E-state index in [1.165, 1.54) is 6.20 Å². The van der Waals surface area contributed by atoms with Crippen LogP contribution in [0.4, 0.5) is 0 Å². The minimum absolute atomic E-state index is 0.0668. The molecule has 0 radical (unpaired) electrons. The third-order valence-corrected chi connectivity index (χ3v) is 2.39. The van der Waals surface area contributed by atoms with Crippen molar-refractivity contribution >= 4 is 34.8 Å². The van der Waals surface area contributed by atoms with Crippen molar-refractivity contribution in [2.24, 2.45) is 0 Å². The van der Waals surface area contributed by atoms with Crippen LogP contribution in [0.2, 0.25) is 0 Å². The molecule has 0 spiro atoms. The van der Waals surface area contributed by atoms with E-state index in [4.69, 9.17) is 34.8 Å². The quantitative estimate of drug-likeness (QED) is 0.748. The first-order valence-corrected chi connectivity index (χ1v) is 5.53. The number of aromatic nitrogens is 3. The van der Waals surface area contributed by atoms with Gasteiger partial charge in [-0.05, 0) is 0 Å². The first kappa shape index (κ1) is 11.6. The molecule has 0 fully saturated rings. The van der Waals surface area contributed by atoms with Crippen LogP contribution in [0, 0.1) is 0 Å². The standard InChI is InChI=1S/C10H6Cl3N3/c11-10(12,13)9-14-6-8(15-16-9)7-4-2-1-3-5-7/h1-6H.